The molecule has 31 heavy (non-hydrogen) atoms. The van der Waals surface area contributed by atoms with Gasteiger partial charge in [0.2, 0.25) is 0 Å². The zero-order valence-corrected chi connectivity index (χ0v) is 18.7. The maximum atomic E-state index is 12.7. The third-order valence-corrected chi connectivity index (χ3v) is 5.87. The fourth-order valence-corrected chi connectivity index (χ4v) is 4.03. The van der Waals surface area contributed by atoms with Gasteiger partial charge in [-0.3, -0.25) is 9.69 Å². The molecular formula is C24H20ClN3O2S. The summed E-state index contributed by atoms with van der Waals surface area (Å²) in [5, 5.41) is 1.30. The lowest BCUT2D eigenvalue weighted by Gasteiger charge is -2.07. The van der Waals surface area contributed by atoms with Gasteiger partial charge in [0.15, 0.2) is 11.0 Å². The van der Waals surface area contributed by atoms with Crippen LogP contribution in [0.1, 0.15) is 16.8 Å². The van der Waals surface area contributed by atoms with Gasteiger partial charge < -0.3 is 4.74 Å². The van der Waals surface area contributed by atoms with Gasteiger partial charge in [-0.25, -0.2) is 9.98 Å². The SMILES string of the molecule is Cc1cccc(/N=C2/S/C(=C\c3cccc(OCc4ccc(Cl)cc4)c3)C(=O)N2C)n1. The van der Waals surface area contributed by atoms with E-state index in [-0.39, 0.29) is 5.91 Å². The summed E-state index contributed by atoms with van der Waals surface area (Å²) < 4.78 is 5.89. The lowest BCUT2D eigenvalue weighted by Crippen LogP contribution is -2.23. The van der Waals surface area contributed by atoms with Crippen molar-refractivity contribution in [1.82, 2.24) is 9.88 Å². The molecule has 156 valence electrons. The van der Waals surface area contributed by atoms with Crippen LogP contribution >= 0.6 is 23.4 Å². The third kappa shape index (κ3) is 5.34. The fraction of sp³-hybridized carbons (Fsp3) is 0.125. The monoisotopic (exact) mass is 449 g/mol. The van der Waals surface area contributed by atoms with Crippen molar-refractivity contribution in [3.63, 3.8) is 0 Å². The zero-order chi connectivity index (χ0) is 21.8. The Morgan fingerprint density at radius 1 is 1.13 bits per heavy atom. The van der Waals surface area contributed by atoms with E-state index in [4.69, 9.17) is 16.3 Å². The number of benzene rings is 2. The smallest absolute Gasteiger partial charge is 0.266 e. The molecule has 4 rings (SSSR count). The number of pyridine rings is 1. The third-order valence-electron chi connectivity index (χ3n) is 4.56. The Morgan fingerprint density at radius 2 is 1.90 bits per heavy atom. The molecule has 7 heteroatoms. The normalized spacial score (nSPS) is 16.4. The average molecular weight is 450 g/mol. The molecule has 1 aromatic heterocycles. The van der Waals surface area contributed by atoms with Gasteiger partial charge >= 0.3 is 0 Å². The number of hydrogen-bond donors (Lipinski definition) is 0. The van der Waals surface area contributed by atoms with Crippen molar-refractivity contribution >= 4 is 46.3 Å². The molecule has 3 aromatic rings. The van der Waals surface area contributed by atoms with Crippen LogP contribution in [0.15, 0.2) is 76.6 Å². The summed E-state index contributed by atoms with van der Waals surface area (Å²) in [6.45, 7) is 2.35. The summed E-state index contributed by atoms with van der Waals surface area (Å²) in [4.78, 5) is 23.8. The number of carbonyl (C=O) groups is 1. The maximum absolute atomic E-state index is 12.7. The minimum Gasteiger partial charge on any atom is -0.489 e. The first kappa shape index (κ1) is 21.2. The highest BCUT2D eigenvalue weighted by Gasteiger charge is 2.30. The first-order valence-electron chi connectivity index (χ1n) is 9.65. The van der Waals surface area contributed by atoms with E-state index in [2.05, 4.69) is 9.98 Å². The van der Waals surface area contributed by atoms with E-state index in [1.807, 2.05) is 79.7 Å². The second-order valence-electron chi connectivity index (χ2n) is 6.99. The summed E-state index contributed by atoms with van der Waals surface area (Å²) in [5.41, 5.74) is 2.79. The molecule has 0 atom stereocenters. The Hall–Kier alpha value is -3.09. The number of rotatable bonds is 5. The molecule has 0 saturated carbocycles. The predicted octanol–water partition coefficient (Wildman–Crippen LogP) is 5.86. The molecule has 1 saturated heterocycles. The highest BCUT2D eigenvalue weighted by atomic mass is 35.5. The molecule has 5 nitrogen and oxygen atoms in total. The minimum atomic E-state index is -0.0936. The van der Waals surface area contributed by atoms with E-state index < -0.39 is 0 Å². The van der Waals surface area contributed by atoms with E-state index in [1.165, 1.54) is 11.8 Å². The lowest BCUT2D eigenvalue weighted by atomic mass is 10.2. The van der Waals surface area contributed by atoms with Crippen LogP contribution in [0.5, 0.6) is 5.75 Å². The van der Waals surface area contributed by atoms with Crippen LogP contribution in [0.4, 0.5) is 5.82 Å². The van der Waals surface area contributed by atoms with Crippen LogP contribution in [0.25, 0.3) is 6.08 Å². The van der Waals surface area contributed by atoms with E-state index in [0.717, 1.165) is 22.6 Å². The molecule has 2 aromatic carbocycles. The molecule has 1 aliphatic rings. The second kappa shape index (κ2) is 9.37. The summed E-state index contributed by atoms with van der Waals surface area (Å²) in [6, 6.07) is 20.8. The highest BCUT2D eigenvalue weighted by Crippen LogP contribution is 2.33. The fourth-order valence-electron chi connectivity index (χ4n) is 2.93. The van der Waals surface area contributed by atoms with Gasteiger partial charge in [0, 0.05) is 17.8 Å². The van der Waals surface area contributed by atoms with Gasteiger partial charge in [0.25, 0.3) is 5.91 Å². The lowest BCUT2D eigenvalue weighted by molar-refractivity contribution is -0.121. The predicted molar refractivity (Wildman–Crippen MR) is 127 cm³/mol. The van der Waals surface area contributed by atoms with E-state index in [0.29, 0.717) is 27.5 Å². The van der Waals surface area contributed by atoms with Crippen molar-refractivity contribution < 1.29 is 9.53 Å². The Labute approximate surface area is 190 Å². The van der Waals surface area contributed by atoms with Gasteiger partial charge in [-0.15, -0.1) is 0 Å². The molecule has 1 amide bonds. The van der Waals surface area contributed by atoms with Crippen LogP contribution in [0, 0.1) is 6.92 Å². The number of aliphatic imine (C=N–C) groups is 1. The molecule has 0 unspecified atom stereocenters. The van der Waals surface area contributed by atoms with Gasteiger partial charge in [-0.1, -0.05) is 41.9 Å². The van der Waals surface area contributed by atoms with Gasteiger partial charge in [0.1, 0.15) is 12.4 Å². The summed E-state index contributed by atoms with van der Waals surface area (Å²) in [6.07, 6.45) is 1.85. The standard InChI is InChI=1S/C24H20ClN3O2S/c1-16-5-3-8-22(26-16)27-24-28(2)23(29)21(31-24)14-18-6-4-7-20(13-18)30-15-17-9-11-19(25)12-10-17/h3-14H,15H2,1-2H3/b21-14-,27-24+. The van der Waals surface area contributed by atoms with E-state index in [9.17, 15) is 4.79 Å². The summed E-state index contributed by atoms with van der Waals surface area (Å²) in [7, 11) is 1.72. The van der Waals surface area contributed by atoms with Crippen LogP contribution in [0.3, 0.4) is 0 Å². The van der Waals surface area contributed by atoms with Crippen molar-refractivity contribution in [3.05, 3.63) is 93.5 Å². The van der Waals surface area contributed by atoms with Crippen LogP contribution in [-0.4, -0.2) is 28.0 Å². The van der Waals surface area contributed by atoms with Gasteiger partial charge in [0.05, 0.1) is 4.91 Å². The summed E-state index contributed by atoms with van der Waals surface area (Å²) in [5.74, 6) is 1.22. The number of nitrogens with zero attached hydrogens (tertiary/aromatic N) is 3. The van der Waals surface area contributed by atoms with E-state index >= 15 is 0 Å². The number of aryl methyl sites for hydroxylation is 1. The van der Waals surface area contributed by atoms with Crippen LogP contribution in [-0.2, 0) is 11.4 Å². The molecule has 0 spiro atoms. The number of amides is 1. The first-order chi connectivity index (χ1) is 15.0. The van der Waals surface area contributed by atoms with Crippen molar-refractivity contribution in [2.24, 2.45) is 4.99 Å². The largest absolute Gasteiger partial charge is 0.489 e. The Balaban J connectivity index is 1.49. The molecule has 2 heterocycles. The zero-order valence-electron chi connectivity index (χ0n) is 17.1. The maximum Gasteiger partial charge on any atom is 0.266 e. The number of hydrogen-bond acceptors (Lipinski definition) is 5. The average Bonchev–Trinajstić information content (AvgIpc) is 3.01. The Morgan fingerprint density at radius 3 is 2.68 bits per heavy atom. The molecule has 0 N–H and O–H groups in total. The first-order valence-corrected chi connectivity index (χ1v) is 10.8. The topological polar surface area (TPSA) is 54.8 Å². The quantitative estimate of drug-likeness (QED) is 0.458. The number of halogens is 1. The number of carbonyl (C=O) groups excluding carboxylic acids is 1. The van der Waals surface area contributed by atoms with Crippen molar-refractivity contribution in [3.8, 4) is 5.75 Å². The van der Waals surface area contributed by atoms with Crippen molar-refractivity contribution in [2.45, 2.75) is 13.5 Å². The molecule has 1 fully saturated rings. The highest BCUT2D eigenvalue weighted by molar-refractivity contribution is 8.18. The Kier molecular flexibility index (Phi) is 6.39. The van der Waals surface area contributed by atoms with Crippen molar-refractivity contribution in [1.29, 1.82) is 0 Å². The molecule has 1 aliphatic heterocycles. The molecule has 0 radical (unpaired) electrons. The number of ether oxygens (including phenoxy) is 1. The molecular weight excluding hydrogens is 430 g/mol. The van der Waals surface area contributed by atoms with E-state index in [1.54, 1.807) is 11.9 Å². The number of thioether (sulfide) groups is 1. The number of aromatic nitrogens is 1. The van der Waals surface area contributed by atoms with Crippen molar-refractivity contribution in [2.75, 3.05) is 7.05 Å². The van der Waals surface area contributed by atoms with Gasteiger partial charge in [-0.05, 0) is 72.3 Å². The molecule has 0 aliphatic carbocycles. The van der Waals surface area contributed by atoms with Gasteiger partial charge in [-0.2, -0.15) is 0 Å². The number of likely N-dealkylation sites (N-methyl/N-ethyl adjacent to an activating group) is 1. The number of amidine groups is 1. The minimum absolute atomic E-state index is 0.0936. The Bertz CT molecular complexity index is 1180. The van der Waals surface area contributed by atoms with Crippen LogP contribution in [0.2, 0.25) is 5.02 Å². The molecule has 0 bridgehead atoms. The second-order valence-corrected chi connectivity index (χ2v) is 8.44. The van der Waals surface area contributed by atoms with Crippen LogP contribution < -0.4 is 4.74 Å². The summed E-state index contributed by atoms with van der Waals surface area (Å²) >= 11 is 7.26.